The summed E-state index contributed by atoms with van der Waals surface area (Å²) in [5.74, 6) is 1.94. The molecule has 0 fully saturated rings. The number of hydrogen-bond donors (Lipinski definition) is 1. The number of hydrogen-bond acceptors (Lipinski definition) is 7. The molecule has 1 aliphatic carbocycles. The molecular weight excluding hydrogens is 683 g/mol. The number of aromatic nitrogens is 2. The van der Waals surface area contributed by atoms with E-state index in [2.05, 4.69) is 43.8 Å². The first-order chi connectivity index (χ1) is 25.3. The van der Waals surface area contributed by atoms with E-state index in [1.54, 1.807) is 17.6 Å². The number of amides is 1. The molecule has 0 spiro atoms. The van der Waals surface area contributed by atoms with Gasteiger partial charge in [-0.25, -0.2) is 4.39 Å². The first-order valence-corrected chi connectivity index (χ1v) is 17.8. The highest BCUT2D eigenvalue weighted by Crippen LogP contribution is 2.16. The zero-order valence-corrected chi connectivity index (χ0v) is 33.1. The van der Waals surface area contributed by atoms with Crippen LogP contribution in [0.3, 0.4) is 0 Å². The van der Waals surface area contributed by atoms with E-state index >= 15 is 0 Å². The van der Waals surface area contributed by atoms with Crippen molar-refractivity contribution in [1.82, 2.24) is 14.9 Å². The predicted octanol–water partition coefficient (Wildman–Crippen LogP) is 9.75. The number of carbonyl (C=O) groups excluding carboxylic acids is 1. The van der Waals surface area contributed by atoms with Crippen molar-refractivity contribution >= 4 is 24.1 Å². The van der Waals surface area contributed by atoms with Crippen molar-refractivity contribution in [3.05, 3.63) is 142 Å². The highest BCUT2D eigenvalue weighted by atomic mass is 35.5. The van der Waals surface area contributed by atoms with Gasteiger partial charge in [0.15, 0.2) is 5.84 Å². The van der Waals surface area contributed by atoms with Crippen molar-refractivity contribution in [3.63, 3.8) is 0 Å². The lowest BCUT2D eigenvalue weighted by molar-refractivity contribution is -0.108. The van der Waals surface area contributed by atoms with Crippen LogP contribution in [0.2, 0.25) is 0 Å². The average molecular weight is 741 g/mol. The molecule has 0 saturated heterocycles. The number of carbonyl (C=O) groups is 1. The van der Waals surface area contributed by atoms with Crippen LogP contribution in [0.25, 0.3) is 0 Å². The Morgan fingerprint density at radius 1 is 1.04 bits per heavy atom. The Kier molecular flexibility index (Phi) is 30.2. The molecule has 3 aromatic rings. The lowest BCUT2D eigenvalue weighted by atomic mass is 10.1. The van der Waals surface area contributed by atoms with Gasteiger partial charge in [-0.2, -0.15) is 4.98 Å². The maximum absolute atomic E-state index is 14.0. The number of nitrogens with zero attached hydrogens (tertiary/aromatic N) is 3. The van der Waals surface area contributed by atoms with E-state index in [1.807, 2.05) is 109 Å². The zero-order chi connectivity index (χ0) is 39.7. The molecule has 4 rings (SSSR count). The van der Waals surface area contributed by atoms with Gasteiger partial charge in [0.25, 0.3) is 5.56 Å². The van der Waals surface area contributed by atoms with Crippen molar-refractivity contribution in [2.45, 2.75) is 87.6 Å². The van der Waals surface area contributed by atoms with Gasteiger partial charge in [-0.1, -0.05) is 107 Å². The molecular formula is C41H58ClFN4O5. The summed E-state index contributed by atoms with van der Waals surface area (Å²) in [5, 5.41) is 6.10. The minimum Gasteiger partial charge on any atom is -0.498 e. The van der Waals surface area contributed by atoms with Gasteiger partial charge in [0, 0.05) is 24.9 Å². The van der Waals surface area contributed by atoms with Gasteiger partial charge in [-0.05, 0) is 56.9 Å². The van der Waals surface area contributed by atoms with Crippen molar-refractivity contribution < 1.29 is 23.0 Å². The third-order valence-corrected chi connectivity index (χ3v) is 6.65. The number of halogens is 2. The zero-order valence-electron chi connectivity index (χ0n) is 32.4. The highest BCUT2D eigenvalue weighted by molar-refractivity contribution is 6.09. The molecule has 9 nitrogen and oxygen atoms in total. The fraction of sp³-hybridized carbons (Fsp3) is 0.366. The molecule has 1 N–H and O–H groups in total. The Morgan fingerprint density at radius 2 is 1.71 bits per heavy atom. The van der Waals surface area contributed by atoms with Gasteiger partial charge < -0.3 is 19.2 Å². The van der Waals surface area contributed by atoms with Gasteiger partial charge >= 0.3 is 0 Å². The van der Waals surface area contributed by atoms with Gasteiger partial charge in [-0.15, -0.1) is 13.2 Å². The van der Waals surface area contributed by atoms with Crippen molar-refractivity contribution in [3.8, 4) is 5.88 Å². The Labute approximate surface area is 315 Å². The summed E-state index contributed by atoms with van der Waals surface area (Å²) < 4.78 is 25.5. The maximum atomic E-state index is 14.0. The highest BCUT2D eigenvalue weighted by Gasteiger charge is 2.15. The Morgan fingerprint density at radius 3 is 2.27 bits per heavy atom. The second-order valence-electron chi connectivity index (χ2n) is 9.92. The van der Waals surface area contributed by atoms with E-state index in [9.17, 15) is 14.0 Å². The first-order valence-electron chi connectivity index (χ1n) is 17.4. The molecule has 1 aliphatic rings. The molecule has 1 heterocycles. The van der Waals surface area contributed by atoms with Crippen LogP contribution in [-0.4, -0.2) is 35.5 Å². The summed E-state index contributed by atoms with van der Waals surface area (Å²) in [6, 6.07) is 14.4. The Hall–Kier alpha value is -4.96. The number of benzene rings is 2. The van der Waals surface area contributed by atoms with Crippen LogP contribution in [0.15, 0.2) is 108 Å². The summed E-state index contributed by atoms with van der Waals surface area (Å²) in [4.78, 5) is 31.6. The molecule has 0 atom stereocenters. The van der Waals surface area contributed by atoms with Crippen molar-refractivity contribution in [1.29, 1.82) is 0 Å². The third-order valence-electron chi connectivity index (χ3n) is 6.50. The number of amidine groups is 1. The Bertz CT molecular complexity index is 1590. The molecule has 0 unspecified atom stereocenters. The number of rotatable bonds is 11. The maximum Gasteiger partial charge on any atom is 0.260 e. The summed E-state index contributed by atoms with van der Waals surface area (Å²) >= 11 is 5.38. The number of ether oxygens (including phenoxy) is 1. The molecule has 2 aromatic carbocycles. The number of allylic oxidation sites excluding steroid dienone is 5. The average Bonchev–Trinajstić information content (AvgIpc) is 3.46. The second kappa shape index (κ2) is 32.0. The molecule has 52 heavy (non-hydrogen) atoms. The van der Waals surface area contributed by atoms with E-state index in [0.29, 0.717) is 48.6 Å². The normalized spacial score (nSPS) is 10.9. The molecule has 1 aromatic heterocycles. The fourth-order valence-electron chi connectivity index (χ4n) is 4.24. The minimum absolute atomic E-state index is 0.137. The van der Waals surface area contributed by atoms with Crippen molar-refractivity contribution in [2.75, 3.05) is 13.7 Å². The van der Waals surface area contributed by atoms with E-state index in [-0.39, 0.29) is 17.3 Å². The standard InChI is InChI=1S/C17H20ClFN2O2.C9H10N2O2.C9H12O.2C2H6.C2H4/c1-4-5-15-20-16(23-18)12(3)17(22)21(15)9-8-13-7-6-11(2)10-14(13)19;1-13-11-9(10-7-12)8-5-3-2-4-6-8;1-2-10-9-7-5-3-4-6-8-9;3*1-2/h6-7,10H,4-5,8-9H2,1-3H3;2-7H,1H3,(H,10,11,12);3-7H,2,8H2,1H3;2*1-2H3;1-2H2. The summed E-state index contributed by atoms with van der Waals surface area (Å²) in [6.07, 6.45) is 13.5. The lowest BCUT2D eigenvalue weighted by Crippen LogP contribution is -2.28. The topological polar surface area (TPSA) is 104 Å². The number of nitrogens with one attached hydrogen (secondary N) is 1. The molecule has 0 aliphatic heterocycles. The quantitative estimate of drug-likeness (QED) is 0.0690. The predicted molar refractivity (Wildman–Crippen MR) is 214 cm³/mol. The molecule has 11 heteroatoms. The summed E-state index contributed by atoms with van der Waals surface area (Å²) in [5.41, 5.74) is 2.41. The van der Waals surface area contributed by atoms with Crippen LogP contribution >= 0.6 is 11.9 Å². The molecule has 286 valence electrons. The van der Waals surface area contributed by atoms with E-state index < -0.39 is 0 Å². The fourth-order valence-corrected chi connectivity index (χ4v) is 4.39. The van der Waals surface area contributed by atoms with Crippen LogP contribution in [0.1, 0.15) is 82.5 Å². The SMILES string of the molecule is C=C.CC.CC.CCCc1nc(OCl)c(C)c(=O)n1CCc1ccc(C)cc1F.CCOC1=CC=CC=CC1.CO/N=C(\NC=O)c1ccccc1. The lowest BCUT2D eigenvalue weighted by Gasteiger charge is -2.14. The minimum atomic E-state index is -0.250. The van der Waals surface area contributed by atoms with E-state index in [1.165, 1.54) is 13.2 Å². The van der Waals surface area contributed by atoms with Gasteiger partial charge in [-0.3, -0.25) is 14.2 Å². The monoisotopic (exact) mass is 740 g/mol. The van der Waals surface area contributed by atoms with Crippen LogP contribution in [0.5, 0.6) is 5.88 Å². The Balaban J connectivity index is 0. The number of oxime groups is 1. The van der Waals surface area contributed by atoms with E-state index in [0.717, 1.165) is 36.3 Å². The van der Waals surface area contributed by atoms with E-state index in [4.69, 9.17) is 16.6 Å². The second-order valence-corrected chi connectivity index (χ2v) is 10.1. The van der Waals surface area contributed by atoms with Crippen LogP contribution < -0.4 is 15.2 Å². The van der Waals surface area contributed by atoms with Gasteiger partial charge in [0.05, 0.1) is 17.9 Å². The summed E-state index contributed by atoms with van der Waals surface area (Å²) in [6.45, 7) is 22.6. The van der Waals surface area contributed by atoms with Crippen molar-refractivity contribution in [2.24, 2.45) is 5.16 Å². The molecule has 0 saturated carbocycles. The largest absolute Gasteiger partial charge is 0.498 e. The number of aryl methyl sites for hydroxylation is 3. The summed E-state index contributed by atoms with van der Waals surface area (Å²) in [7, 11) is 1.43. The molecule has 0 radical (unpaired) electrons. The molecule has 0 bridgehead atoms. The van der Waals surface area contributed by atoms with Crippen LogP contribution in [-0.2, 0) is 33.8 Å². The van der Waals surface area contributed by atoms with Crippen LogP contribution in [0, 0.1) is 19.7 Å². The van der Waals surface area contributed by atoms with Crippen LogP contribution in [0.4, 0.5) is 4.39 Å². The van der Waals surface area contributed by atoms with Gasteiger partial charge in [0.1, 0.15) is 30.6 Å². The first kappa shape index (κ1) is 49.2. The van der Waals surface area contributed by atoms with Gasteiger partial charge in [0.2, 0.25) is 12.3 Å². The smallest absolute Gasteiger partial charge is 0.260 e. The molecule has 1 amide bonds. The third kappa shape index (κ3) is 18.9.